The molecular formula is C24H24N4O4. The molecule has 0 radical (unpaired) electrons. The summed E-state index contributed by atoms with van der Waals surface area (Å²) in [5, 5.41) is 21.4. The highest BCUT2D eigenvalue weighted by Crippen LogP contribution is 2.49. The predicted octanol–water partition coefficient (Wildman–Crippen LogP) is 3.96. The molecule has 1 aliphatic rings. The molecule has 3 rings (SSSR count). The number of pyridine rings is 1. The van der Waals surface area contributed by atoms with Gasteiger partial charge >= 0.3 is 5.97 Å². The summed E-state index contributed by atoms with van der Waals surface area (Å²) in [6.07, 6.45) is 1.81. The van der Waals surface area contributed by atoms with Crippen LogP contribution in [0.25, 0.3) is 0 Å². The van der Waals surface area contributed by atoms with E-state index in [2.05, 4.69) is 16.4 Å². The number of ether oxygens (including phenoxy) is 3. The number of fused-ring (bicyclic) bond motifs is 1. The summed E-state index contributed by atoms with van der Waals surface area (Å²) in [6.45, 7) is 5.96. The van der Waals surface area contributed by atoms with Crippen molar-refractivity contribution in [3.8, 4) is 23.8 Å². The van der Waals surface area contributed by atoms with Gasteiger partial charge in [0.25, 0.3) is 0 Å². The molecule has 1 atom stereocenters. The van der Waals surface area contributed by atoms with Crippen LogP contribution in [0.4, 0.5) is 5.69 Å². The van der Waals surface area contributed by atoms with Crippen molar-refractivity contribution in [1.82, 2.24) is 4.98 Å². The van der Waals surface area contributed by atoms with Gasteiger partial charge in [0.2, 0.25) is 5.88 Å². The number of benzene rings is 1. The van der Waals surface area contributed by atoms with Gasteiger partial charge in [-0.05, 0) is 38.5 Å². The number of aromatic nitrogens is 1. The van der Waals surface area contributed by atoms with Crippen molar-refractivity contribution in [2.75, 3.05) is 25.6 Å². The average Bonchev–Trinajstić information content (AvgIpc) is 2.80. The molecule has 8 heteroatoms. The van der Waals surface area contributed by atoms with Gasteiger partial charge < -0.3 is 19.5 Å². The fraction of sp³-hybridized carbons (Fsp3) is 0.333. The second-order valence-corrected chi connectivity index (χ2v) is 7.18. The van der Waals surface area contributed by atoms with Gasteiger partial charge in [-0.15, -0.1) is 0 Å². The van der Waals surface area contributed by atoms with Gasteiger partial charge in [-0.1, -0.05) is 6.07 Å². The number of carbonyl (C=O) groups excluding carboxylic acids is 1. The molecule has 0 saturated heterocycles. The van der Waals surface area contributed by atoms with Crippen molar-refractivity contribution in [2.45, 2.75) is 33.1 Å². The smallest absolute Gasteiger partial charge is 0.336 e. The molecule has 32 heavy (non-hydrogen) atoms. The Morgan fingerprint density at radius 2 is 2.06 bits per heavy atom. The second-order valence-electron chi connectivity index (χ2n) is 7.18. The third-order valence-electron chi connectivity index (χ3n) is 5.18. The molecule has 0 amide bonds. The van der Waals surface area contributed by atoms with Crippen molar-refractivity contribution >= 4 is 11.7 Å². The Labute approximate surface area is 187 Å². The van der Waals surface area contributed by atoms with E-state index in [1.165, 1.54) is 7.11 Å². The first-order valence-electron chi connectivity index (χ1n) is 10.2. The lowest BCUT2D eigenvalue weighted by atomic mass is 9.79. The van der Waals surface area contributed by atoms with Crippen LogP contribution in [-0.2, 0) is 9.53 Å². The lowest BCUT2D eigenvalue weighted by Crippen LogP contribution is -2.26. The minimum atomic E-state index is -0.613. The Hall–Kier alpha value is -4.04. The molecule has 164 valence electrons. The zero-order valence-electron chi connectivity index (χ0n) is 18.5. The first-order chi connectivity index (χ1) is 15.5. The van der Waals surface area contributed by atoms with E-state index in [4.69, 9.17) is 19.5 Å². The van der Waals surface area contributed by atoms with Crippen LogP contribution in [-0.4, -0.2) is 31.3 Å². The van der Waals surface area contributed by atoms with E-state index in [1.807, 2.05) is 19.9 Å². The Bertz CT molecular complexity index is 1160. The molecule has 0 spiro atoms. The zero-order valence-corrected chi connectivity index (χ0v) is 18.5. The number of carbonyl (C=O) groups is 1. The summed E-state index contributed by atoms with van der Waals surface area (Å²) in [4.78, 5) is 17.6. The normalized spacial score (nSPS) is 14.5. The van der Waals surface area contributed by atoms with E-state index in [-0.39, 0.29) is 13.0 Å². The molecule has 1 aromatic carbocycles. The molecule has 8 nitrogen and oxygen atoms in total. The van der Waals surface area contributed by atoms with Gasteiger partial charge in [0.05, 0.1) is 60.6 Å². The number of rotatable bonds is 7. The Morgan fingerprint density at radius 3 is 2.72 bits per heavy atom. The Balaban J connectivity index is 2.28. The van der Waals surface area contributed by atoms with Crippen molar-refractivity contribution < 1.29 is 19.0 Å². The molecule has 0 fully saturated rings. The van der Waals surface area contributed by atoms with Crippen molar-refractivity contribution in [2.24, 2.45) is 0 Å². The minimum absolute atomic E-state index is 0.0133. The maximum atomic E-state index is 13.2. The van der Waals surface area contributed by atoms with Gasteiger partial charge in [0, 0.05) is 17.5 Å². The number of nitrogens with zero attached hydrogens (tertiary/aromatic N) is 3. The standard InChI is InChI=1S/C24H24N4O4/c1-5-31-23-21-20(17-8-7-16(12-26)11-18(17)30-4)19(24(29)32-10-6-9-25)15(3)28-22(21)14(2)13-27-23/h7-8,11,13,20,28H,5-6,10H2,1-4H3. The monoisotopic (exact) mass is 432 g/mol. The number of hydrogen-bond donors (Lipinski definition) is 1. The number of aryl methyl sites for hydroxylation is 1. The Kier molecular flexibility index (Phi) is 6.97. The summed E-state index contributed by atoms with van der Waals surface area (Å²) in [6, 6.07) is 9.16. The van der Waals surface area contributed by atoms with E-state index in [9.17, 15) is 10.1 Å². The van der Waals surface area contributed by atoms with Crippen LogP contribution in [0.5, 0.6) is 11.6 Å². The zero-order chi connectivity index (χ0) is 23.3. The predicted molar refractivity (Wildman–Crippen MR) is 117 cm³/mol. The second kappa shape index (κ2) is 9.84. The topological polar surface area (TPSA) is 117 Å². The van der Waals surface area contributed by atoms with Crippen LogP contribution in [0, 0.1) is 29.6 Å². The molecule has 0 saturated carbocycles. The average molecular weight is 432 g/mol. The number of methoxy groups -OCH3 is 1. The third kappa shape index (κ3) is 4.21. The SMILES string of the molecule is CCOc1ncc(C)c2c1C(c1ccc(C#N)cc1OC)C(C(=O)OCCC#N)=C(C)N2. The number of esters is 1. The summed E-state index contributed by atoms with van der Waals surface area (Å²) in [5.74, 6) is -0.304. The van der Waals surface area contributed by atoms with Crippen LogP contribution in [0.3, 0.4) is 0 Å². The lowest BCUT2D eigenvalue weighted by Gasteiger charge is -2.32. The van der Waals surface area contributed by atoms with Crippen molar-refractivity contribution in [3.63, 3.8) is 0 Å². The largest absolute Gasteiger partial charge is 0.496 e. The van der Waals surface area contributed by atoms with Gasteiger partial charge in [0.15, 0.2) is 0 Å². The number of anilines is 1. The van der Waals surface area contributed by atoms with Crippen LogP contribution in [0.15, 0.2) is 35.7 Å². The highest BCUT2D eigenvalue weighted by molar-refractivity contribution is 5.95. The Morgan fingerprint density at radius 1 is 1.28 bits per heavy atom. The summed E-state index contributed by atoms with van der Waals surface area (Å²) < 4.78 is 16.8. The van der Waals surface area contributed by atoms with E-state index < -0.39 is 11.9 Å². The van der Waals surface area contributed by atoms with Gasteiger partial charge in [0.1, 0.15) is 12.4 Å². The highest BCUT2D eigenvalue weighted by Gasteiger charge is 2.38. The van der Waals surface area contributed by atoms with Gasteiger partial charge in [-0.3, -0.25) is 0 Å². The van der Waals surface area contributed by atoms with Crippen LogP contribution in [0.1, 0.15) is 48.4 Å². The quantitative estimate of drug-likeness (QED) is 0.516. The summed E-state index contributed by atoms with van der Waals surface area (Å²) >= 11 is 0. The highest BCUT2D eigenvalue weighted by atomic mass is 16.5. The van der Waals surface area contributed by atoms with E-state index in [0.717, 1.165) is 11.3 Å². The maximum absolute atomic E-state index is 13.2. The van der Waals surface area contributed by atoms with Gasteiger partial charge in [-0.25, -0.2) is 9.78 Å². The molecule has 0 aliphatic carbocycles. The van der Waals surface area contributed by atoms with Crippen LogP contribution < -0.4 is 14.8 Å². The number of nitriles is 2. The first-order valence-corrected chi connectivity index (χ1v) is 10.2. The molecule has 2 aromatic rings. The van der Waals surface area contributed by atoms with Crippen molar-refractivity contribution in [3.05, 3.63) is 57.9 Å². The van der Waals surface area contributed by atoms with E-state index in [1.54, 1.807) is 31.3 Å². The van der Waals surface area contributed by atoms with Crippen LogP contribution in [0.2, 0.25) is 0 Å². The molecule has 1 unspecified atom stereocenters. The first kappa shape index (κ1) is 22.6. The molecule has 1 N–H and O–H groups in total. The van der Waals surface area contributed by atoms with Gasteiger partial charge in [-0.2, -0.15) is 10.5 Å². The van der Waals surface area contributed by atoms with Crippen molar-refractivity contribution in [1.29, 1.82) is 10.5 Å². The lowest BCUT2D eigenvalue weighted by molar-refractivity contribution is -0.139. The third-order valence-corrected chi connectivity index (χ3v) is 5.18. The maximum Gasteiger partial charge on any atom is 0.336 e. The molecular weight excluding hydrogens is 408 g/mol. The fourth-order valence-electron chi connectivity index (χ4n) is 3.78. The number of nitrogens with one attached hydrogen (secondary N) is 1. The molecule has 1 aromatic heterocycles. The van der Waals surface area contributed by atoms with Crippen LogP contribution >= 0.6 is 0 Å². The number of allylic oxidation sites excluding steroid dienone is 1. The fourth-order valence-corrected chi connectivity index (χ4v) is 3.78. The molecule has 2 heterocycles. The summed E-state index contributed by atoms with van der Waals surface area (Å²) in [5.41, 5.74) is 4.47. The summed E-state index contributed by atoms with van der Waals surface area (Å²) in [7, 11) is 1.52. The minimum Gasteiger partial charge on any atom is -0.496 e. The van der Waals surface area contributed by atoms with E-state index >= 15 is 0 Å². The van der Waals surface area contributed by atoms with E-state index in [0.29, 0.717) is 46.2 Å². The molecule has 0 bridgehead atoms. The molecule has 1 aliphatic heterocycles. The number of hydrogen-bond acceptors (Lipinski definition) is 8.